The van der Waals surface area contributed by atoms with E-state index in [-0.39, 0.29) is 6.04 Å². The van der Waals surface area contributed by atoms with Crippen LogP contribution in [0.1, 0.15) is 29.9 Å². The van der Waals surface area contributed by atoms with E-state index >= 15 is 0 Å². The van der Waals surface area contributed by atoms with Gasteiger partial charge in [-0.2, -0.15) is 5.10 Å². The van der Waals surface area contributed by atoms with Crippen LogP contribution < -0.4 is 5.73 Å². The number of benzene rings is 1. The fraction of sp³-hybridized carbons (Fsp3) is 0.357. The summed E-state index contributed by atoms with van der Waals surface area (Å²) < 4.78 is 2.75. The molecule has 20 heavy (non-hydrogen) atoms. The first-order valence-corrected chi connectivity index (χ1v) is 7.89. The molecule has 2 aromatic rings. The largest absolute Gasteiger partial charge is 0.324 e. The molecule has 2 N–H and O–H groups in total. The maximum absolute atomic E-state index is 6.35. The highest BCUT2D eigenvalue weighted by molar-refractivity contribution is 9.10. The number of halogens is 3. The van der Waals surface area contributed by atoms with Crippen LogP contribution in [0.5, 0.6) is 0 Å². The molecule has 1 aromatic heterocycles. The summed E-state index contributed by atoms with van der Waals surface area (Å²) in [6.07, 6.45) is 1.40. The zero-order chi connectivity index (χ0) is 14.9. The molecule has 108 valence electrons. The van der Waals surface area contributed by atoms with Gasteiger partial charge in [-0.3, -0.25) is 4.68 Å². The highest BCUT2D eigenvalue weighted by atomic mass is 79.9. The molecule has 1 aromatic carbocycles. The molecule has 2 rings (SSSR count). The second kappa shape index (κ2) is 6.48. The van der Waals surface area contributed by atoms with Crippen molar-refractivity contribution in [2.75, 3.05) is 0 Å². The van der Waals surface area contributed by atoms with Crippen molar-refractivity contribution < 1.29 is 0 Å². The molecule has 0 amide bonds. The maximum Gasteiger partial charge on any atom is 0.0850 e. The lowest BCUT2D eigenvalue weighted by molar-refractivity contribution is 0.638. The molecular weight excluding hydrogens is 361 g/mol. The van der Waals surface area contributed by atoms with Gasteiger partial charge >= 0.3 is 0 Å². The number of rotatable bonds is 4. The molecule has 0 aliphatic rings. The van der Waals surface area contributed by atoms with Crippen LogP contribution in [0.25, 0.3) is 0 Å². The van der Waals surface area contributed by atoms with E-state index in [1.165, 1.54) is 0 Å². The predicted octanol–water partition coefficient (Wildman–Crippen LogP) is 4.29. The molecule has 1 heterocycles. The van der Waals surface area contributed by atoms with Crippen LogP contribution >= 0.6 is 39.1 Å². The summed E-state index contributed by atoms with van der Waals surface area (Å²) in [6, 6.07) is 5.45. The topological polar surface area (TPSA) is 43.8 Å². The average molecular weight is 377 g/mol. The summed E-state index contributed by atoms with van der Waals surface area (Å²) in [6.45, 7) is 2.03. The minimum absolute atomic E-state index is 0.224. The highest BCUT2D eigenvalue weighted by Gasteiger charge is 2.18. The Morgan fingerprint density at radius 1 is 1.40 bits per heavy atom. The smallest absolute Gasteiger partial charge is 0.0850 e. The number of aromatic nitrogens is 2. The van der Waals surface area contributed by atoms with Gasteiger partial charge in [-0.1, -0.05) is 46.1 Å². The van der Waals surface area contributed by atoms with E-state index in [1.54, 1.807) is 4.68 Å². The van der Waals surface area contributed by atoms with Crippen LogP contribution in [0.2, 0.25) is 10.0 Å². The molecule has 0 fully saturated rings. The van der Waals surface area contributed by atoms with Gasteiger partial charge in [-0.25, -0.2) is 0 Å². The van der Waals surface area contributed by atoms with E-state index < -0.39 is 0 Å². The summed E-state index contributed by atoms with van der Waals surface area (Å²) in [5.41, 5.74) is 9.02. The maximum atomic E-state index is 6.35. The first-order chi connectivity index (χ1) is 9.43. The number of nitrogens with zero attached hydrogens (tertiary/aromatic N) is 2. The molecule has 0 saturated heterocycles. The molecule has 0 spiro atoms. The first-order valence-electron chi connectivity index (χ1n) is 6.34. The van der Waals surface area contributed by atoms with E-state index in [2.05, 4.69) is 21.0 Å². The van der Waals surface area contributed by atoms with Crippen molar-refractivity contribution in [2.24, 2.45) is 12.8 Å². The van der Waals surface area contributed by atoms with Gasteiger partial charge in [-0.15, -0.1) is 0 Å². The molecule has 3 nitrogen and oxygen atoms in total. The third-order valence-corrected chi connectivity index (χ3v) is 4.55. The fourth-order valence-corrected chi connectivity index (χ4v) is 3.17. The second-order valence-electron chi connectivity index (χ2n) is 4.66. The standard InChI is InChI=1S/C14H16BrCl2N3/c1-3-12-14(17)13(20(2)19-12)7-11(18)9-6-8(15)4-5-10(9)16/h4-6,11H,3,7,18H2,1-2H3. The van der Waals surface area contributed by atoms with Crippen molar-refractivity contribution in [1.82, 2.24) is 9.78 Å². The summed E-state index contributed by atoms with van der Waals surface area (Å²) in [5.74, 6) is 0. The Balaban J connectivity index is 2.30. The van der Waals surface area contributed by atoms with Crippen molar-refractivity contribution in [3.8, 4) is 0 Å². The zero-order valence-corrected chi connectivity index (χ0v) is 14.4. The molecule has 0 aliphatic carbocycles. The first kappa shape index (κ1) is 15.8. The van der Waals surface area contributed by atoms with Gasteiger partial charge in [0.05, 0.1) is 16.4 Å². The quantitative estimate of drug-likeness (QED) is 0.864. The predicted molar refractivity (Wildman–Crippen MR) is 87.4 cm³/mol. The van der Waals surface area contributed by atoms with Gasteiger partial charge in [0, 0.05) is 29.0 Å². The summed E-state index contributed by atoms with van der Waals surface area (Å²) in [7, 11) is 1.88. The summed E-state index contributed by atoms with van der Waals surface area (Å²) in [4.78, 5) is 0. The van der Waals surface area contributed by atoms with Crippen LogP contribution in [0.4, 0.5) is 0 Å². The molecule has 6 heteroatoms. The number of hydrogen-bond acceptors (Lipinski definition) is 2. The van der Waals surface area contributed by atoms with Crippen molar-refractivity contribution in [1.29, 1.82) is 0 Å². The number of aryl methyl sites for hydroxylation is 2. The van der Waals surface area contributed by atoms with E-state index in [9.17, 15) is 0 Å². The molecule has 0 radical (unpaired) electrons. The van der Waals surface area contributed by atoms with Crippen molar-refractivity contribution in [3.63, 3.8) is 0 Å². The number of hydrogen-bond donors (Lipinski definition) is 1. The molecule has 1 unspecified atom stereocenters. The Bertz CT molecular complexity index is 625. The Labute approximate surface area is 137 Å². The van der Waals surface area contributed by atoms with Gasteiger partial charge in [0.25, 0.3) is 0 Å². The monoisotopic (exact) mass is 375 g/mol. The van der Waals surface area contributed by atoms with Gasteiger partial charge in [-0.05, 0) is 30.2 Å². The molecule has 0 saturated carbocycles. The lowest BCUT2D eigenvalue weighted by atomic mass is 10.0. The van der Waals surface area contributed by atoms with Gasteiger partial charge < -0.3 is 5.73 Å². The Hall–Kier alpha value is -0.550. The fourth-order valence-electron chi connectivity index (χ4n) is 2.16. The summed E-state index contributed by atoms with van der Waals surface area (Å²) in [5, 5.41) is 5.77. The number of nitrogens with two attached hydrogens (primary N) is 1. The third-order valence-electron chi connectivity index (χ3n) is 3.27. The SMILES string of the molecule is CCc1nn(C)c(CC(N)c2cc(Br)ccc2Cl)c1Cl. The van der Waals surface area contributed by atoms with E-state index in [0.717, 1.165) is 27.8 Å². The zero-order valence-electron chi connectivity index (χ0n) is 11.3. The minimum Gasteiger partial charge on any atom is -0.324 e. The second-order valence-corrected chi connectivity index (χ2v) is 6.36. The van der Waals surface area contributed by atoms with Gasteiger partial charge in [0.2, 0.25) is 0 Å². The average Bonchev–Trinajstić information content (AvgIpc) is 2.68. The lowest BCUT2D eigenvalue weighted by Crippen LogP contribution is -2.16. The van der Waals surface area contributed by atoms with Crippen LogP contribution in [0.15, 0.2) is 22.7 Å². The highest BCUT2D eigenvalue weighted by Crippen LogP contribution is 2.30. The molecular formula is C14H16BrCl2N3. The van der Waals surface area contributed by atoms with Gasteiger partial charge in [0.15, 0.2) is 0 Å². The van der Waals surface area contributed by atoms with Crippen LogP contribution in [0, 0.1) is 0 Å². The molecule has 0 aliphatic heterocycles. The normalized spacial score (nSPS) is 12.7. The van der Waals surface area contributed by atoms with E-state index in [0.29, 0.717) is 16.5 Å². The van der Waals surface area contributed by atoms with E-state index in [1.807, 2.05) is 32.2 Å². The molecule has 0 bridgehead atoms. The van der Waals surface area contributed by atoms with Gasteiger partial charge in [0.1, 0.15) is 0 Å². The minimum atomic E-state index is -0.224. The van der Waals surface area contributed by atoms with Crippen LogP contribution in [0.3, 0.4) is 0 Å². The van der Waals surface area contributed by atoms with Crippen molar-refractivity contribution in [3.05, 3.63) is 49.7 Å². The third kappa shape index (κ3) is 3.19. The Morgan fingerprint density at radius 3 is 2.70 bits per heavy atom. The van der Waals surface area contributed by atoms with Crippen molar-refractivity contribution >= 4 is 39.1 Å². The summed E-state index contributed by atoms with van der Waals surface area (Å²) >= 11 is 16.0. The van der Waals surface area contributed by atoms with E-state index in [4.69, 9.17) is 28.9 Å². The van der Waals surface area contributed by atoms with Crippen molar-refractivity contribution in [2.45, 2.75) is 25.8 Å². The van der Waals surface area contributed by atoms with Crippen LogP contribution in [-0.2, 0) is 19.9 Å². The van der Waals surface area contributed by atoms with Crippen LogP contribution in [-0.4, -0.2) is 9.78 Å². The lowest BCUT2D eigenvalue weighted by Gasteiger charge is -2.14. The Morgan fingerprint density at radius 2 is 2.10 bits per heavy atom. The molecule has 1 atom stereocenters. The Kier molecular flexibility index (Phi) is 5.13.